The highest BCUT2D eigenvalue weighted by Crippen LogP contribution is 2.33. The second kappa shape index (κ2) is 6.30. The molecule has 3 heteroatoms. The lowest BCUT2D eigenvalue weighted by atomic mass is 9.94. The molecule has 0 radical (unpaired) electrons. The molecule has 0 aliphatic heterocycles. The minimum absolute atomic E-state index is 0.513. The molecule has 0 bridgehead atoms. The van der Waals surface area contributed by atoms with E-state index in [0.717, 1.165) is 18.5 Å². The molecular formula is C15H22N2S. The Morgan fingerprint density at radius 3 is 2.78 bits per heavy atom. The average molecular weight is 262 g/mol. The Labute approximate surface area is 114 Å². The summed E-state index contributed by atoms with van der Waals surface area (Å²) in [5.41, 5.74) is 1.14. The van der Waals surface area contributed by atoms with Crippen LogP contribution < -0.4 is 5.32 Å². The lowest BCUT2D eigenvalue weighted by molar-refractivity contribution is 0.456. The van der Waals surface area contributed by atoms with Gasteiger partial charge in [-0.25, -0.2) is 0 Å². The fourth-order valence-electron chi connectivity index (χ4n) is 2.46. The van der Waals surface area contributed by atoms with Crippen LogP contribution in [-0.4, -0.2) is 17.0 Å². The summed E-state index contributed by atoms with van der Waals surface area (Å²) in [4.78, 5) is 1.43. The SMILES string of the molecule is CCCNC(C)C(CC)c1snc2ccccc12. The van der Waals surface area contributed by atoms with Crippen molar-refractivity contribution in [1.29, 1.82) is 0 Å². The maximum Gasteiger partial charge on any atom is 0.0843 e. The normalized spacial score (nSPS) is 14.8. The molecule has 0 saturated carbocycles. The van der Waals surface area contributed by atoms with Crippen LogP contribution >= 0.6 is 11.5 Å². The van der Waals surface area contributed by atoms with E-state index in [1.807, 2.05) is 0 Å². The van der Waals surface area contributed by atoms with Gasteiger partial charge in [-0.2, -0.15) is 4.37 Å². The van der Waals surface area contributed by atoms with Gasteiger partial charge in [-0.15, -0.1) is 0 Å². The van der Waals surface area contributed by atoms with Crippen LogP contribution in [0.1, 0.15) is 44.4 Å². The summed E-state index contributed by atoms with van der Waals surface area (Å²) in [5, 5.41) is 4.95. The highest BCUT2D eigenvalue weighted by Gasteiger charge is 2.21. The molecule has 1 aromatic heterocycles. The molecule has 0 aliphatic rings. The van der Waals surface area contributed by atoms with Crippen molar-refractivity contribution in [2.24, 2.45) is 0 Å². The van der Waals surface area contributed by atoms with Crippen molar-refractivity contribution < 1.29 is 0 Å². The molecule has 1 N–H and O–H groups in total. The van der Waals surface area contributed by atoms with Gasteiger partial charge in [0.15, 0.2) is 0 Å². The highest BCUT2D eigenvalue weighted by atomic mass is 32.1. The minimum atomic E-state index is 0.513. The monoisotopic (exact) mass is 262 g/mol. The van der Waals surface area contributed by atoms with Gasteiger partial charge in [0.1, 0.15) is 0 Å². The first-order valence-corrected chi connectivity index (χ1v) is 7.63. The van der Waals surface area contributed by atoms with Crippen LogP contribution in [0.3, 0.4) is 0 Å². The van der Waals surface area contributed by atoms with Gasteiger partial charge in [0.05, 0.1) is 5.52 Å². The molecule has 98 valence electrons. The van der Waals surface area contributed by atoms with Gasteiger partial charge < -0.3 is 5.32 Å². The van der Waals surface area contributed by atoms with Crippen molar-refractivity contribution in [2.45, 2.75) is 45.6 Å². The molecule has 2 unspecified atom stereocenters. The second-order valence-corrected chi connectivity index (χ2v) is 5.63. The molecule has 2 aromatic rings. The summed E-state index contributed by atoms with van der Waals surface area (Å²) in [6.45, 7) is 7.86. The molecular weight excluding hydrogens is 240 g/mol. The topological polar surface area (TPSA) is 24.9 Å². The zero-order valence-corrected chi connectivity index (χ0v) is 12.3. The van der Waals surface area contributed by atoms with Gasteiger partial charge in [0.25, 0.3) is 0 Å². The van der Waals surface area contributed by atoms with Crippen molar-refractivity contribution in [3.8, 4) is 0 Å². The maximum atomic E-state index is 4.56. The van der Waals surface area contributed by atoms with Gasteiger partial charge >= 0.3 is 0 Å². The lowest BCUT2D eigenvalue weighted by Crippen LogP contribution is -2.32. The number of aromatic nitrogens is 1. The Kier molecular flexibility index (Phi) is 4.72. The number of hydrogen-bond donors (Lipinski definition) is 1. The minimum Gasteiger partial charge on any atom is -0.314 e. The summed E-state index contributed by atoms with van der Waals surface area (Å²) in [7, 11) is 0. The first-order valence-electron chi connectivity index (χ1n) is 6.85. The van der Waals surface area contributed by atoms with Crippen molar-refractivity contribution >= 4 is 22.4 Å². The fourth-order valence-corrected chi connectivity index (χ4v) is 3.59. The summed E-state index contributed by atoms with van der Waals surface area (Å²) >= 11 is 1.67. The van der Waals surface area contributed by atoms with E-state index in [1.165, 1.54) is 16.7 Å². The van der Waals surface area contributed by atoms with E-state index in [9.17, 15) is 0 Å². The smallest absolute Gasteiger partial charge is 0.0843 e. The molecule has 2 nitrogen and oxygen atoms in total. The van der Waals surface area contributed by atoms with Crippen molar-refractivity contribution in [2.75, 3.05) is 6.54 Å². The zero-order valence-electron chi connectivity index (χ0n) is 11.4. The van der Waals surface area contributed by atoms with E-state index >= 15 is 0 Å². The van der Waals surface area contributed by atoms with E-state index in [0.29, 0.717) is 12.0 Å². The van der Waals surface area contributed by atoms with E-state index in [4.69, 9.17) is 0 Å². The summed E-state index contributed by atoms with van der Waals surface area (Å²) in [6, 6.07) is 8.98. The van der Waals surface area contributed by atoms with Gasteiger partial charge in [-0.1, -0.05) is 32.0 Å². The van der Waals surface area contributed by atoms with E-state index in [2.05, 4.69) is 54.7 Å². The summed E-state index contributed by atoms with van der Waals surface area (Å²) < 4.78 is 4.56. The van der Waals surface area contributed by atoms with E-state index in [-0.39, 0.29) is 0 Å². The molecule has 18 heavy (non-hydrogen) atoms. The van der Waals surface area contributed by atoms with E-state index in [1.54, 1.807) is 11.5 Å². The third-order valence-corrected chi connectivity index (χ3v) is 4.52. The molecule has 0 amide bonds. The predicted octanol–water partition coefficient (Wildman–Crippen LogP) is 4.18. The van der Waals surface area contributed by atoms with Crippen LogP contribution in [0, 0.1) is 0 Å². The fraction of sp³-hybridized carbons (Fsp3) is 0.533. The van der Waals surface area contributed by atoms with Crippen LogP contribution in [0.25, 0.3) is 10.9 Å². The quantitative estimate of drug-likeness (QED) is 0.845. The zero-order chi connectivity index (χ0) is 13.0. The first kappa shape index (κ1) is 13.5. The van der Waals surface area contributed by atoms with Gasteiger partial charge in [0.2, 0.25) is 0 Å². The van der Waals surface area contributed by atoms with Crippen LogP contribution in [-0.2, 0) is 0 Å². The Hall–Kier alpha value is -0.930. The standard InChI is InChI=1S/C15H22N2S/c1-4-10-16-11(3)12(5-2)15-13-8-6-7-9-14(13)17-18-15/h6-9,11-12,16H,4-5,10H2,1-3H3. The predicted molar refractivity (Wildman–Crippen MR) is 80.4 cm³/mol. The Morgan fingerprint density at radius 2 is 2.06 bits per heavy atom. The van der Waals surface area contributed by atoms with E-state index < -0.39 is 0 Å². The molecule has 0 aliphatic carbocycles. The molecule has 0 fully saturated rings. The number of fused-ring (bicyclic) bond motifs is 1. The summed E-state index contributed by atoms with van der Waals surface area (Å²) in [6.07, 6.45) is 2.34. The number of benzene rings is 1. The molecule has 2 atom stereocenters. The number of hydrogen-bond acceptors (Lipinski definition) is 3. The second-order valence-electron chi connectivity index (χ2n) is 4.82. The van der Waals surface area contributed by atoms with Crippen LogP contribution in [0.5, 0.6) is 0 Å². The van der Waals surface area contributed by atoms with Crippen molar-refractivity contribution in [3.05, 3.63) is 29.1 Å². The largest absolute Gasteiger partial charge is 0.314 e. The number of nitrogens with one attached hydrogen (secondary N) is 1. The van der Waals surface area contributed by atoms with Crippen LogP contribution in [0.2, 0.25) is 0 Å². The summed E-state index contributed by atoms with van der Waals surface area (Å²) in [5.74, 6) is 0.564. The van der Waals surface area contributed by atoms with Crippen LogP contribution in [0.4, 0.5) is 0 Å². The average Bonchev–Trinajstić information content (AvgIpc) is 2.81. The third kappa shape index (κ3) is 2.73. The molecule has 1 heterocycles. The highest BCUT2D eigenvalue weighted by molar-refractivity contribution is 7.07. The Morgan fingerprint density at radius 1 is 1.28 bits per heavy atom. The van der Waals surface area contributed by atoms with Gasteiger partial charge in [0, 0.05) is 22.2 Å². The maximum absolute atomic E-state index is 4.56. The first-order chi connectivity index (χ1) is 8.77. The van der Waals surface area contributed by atoms with Gasteiger partial charge in [-0.3, -0.25) is 0 Å². The Bertz CT molecular complexity index is 492. The molecule has 1 aromatic carbocycles. The number of rotatable bonds is 6. The van der Waals surface area contributed by atoms with Crippen LogP contribution in [0.15, 0.2) is 24.3 Å². The number of nitrogens with zero attached hydrogens (tertiary/aromatic N) is 1. The Balaban J connectivity index is 2.26. The van der Waals surface area contributed by atoms with Crippen molar-refractivity contribution in [1.82, 2.24) is 9.69 Å². The van der Waals surface area contributed by atoms with Crippen molar-refractivity contribution in [3.63, 3.8) is 0 Å². The third-order valence-electron chi connectivity index (χ3n) is 3.51. The molecule has 0 saturated heterocycles. The molecule has 2 rings (SSSR count). The lowest BCUT2D eigenvalue weighted by Gasteiger charge is -2.22. The molecule has 0 spiro atoms. The van der Waals surface area contributed by atoms with Gasteiger partial charge in [-0.05, 0) is 43.9 Å².